The molecule has 1 heterocycles. The number of nitrogens with one attached hydrogen (secondary N) is 3. The molecule has 2 aromatic carbocycles. The van der Waals surface area contributed by atoms with Crippen molar-refractivity contribution in [2.24, 2.45) is 0 Å². The van der Waals surface area contributed by atoms with Gasteiger partial charge in [0.25, 0.3) is 0 Å². The summed E-state index contributed by atoms with van der Waals surface area (Å²) in [5.41, 5.74) is 1.96. The Balaban J connectivity index is 1.39. The number of methoxy groups -OCH3 is 1. The van der Waals surface area contributed by atoms with Crippen LogP contribution in [0.2, 0.25) is 0 Å². The molecule has 0 unspecified atom stereocenters. The summed E-state index contributed by atoms with van der Waals surface area (Å²) in [4.78, 5) is 15.3. The molecule has 0 aliphatic heterocycles. The lowest BCUT2D eigenvalue weighted by atomic mass is 10.2. The Bertz CT molecular complexity index is 963. The highest BCUT2D eigenvalue weighted by Gasteiger charge is 2.00. The standard InChI is InChI=1S/C22H25N3O2/c1-27-21-12-5-2-8-17(21)9-6-13-23-14-7-15-24-22-16-20(26)18-10-3-4-11-19(18)25-22/h2-6,8-12,16,23H,7,13-15H2,1H3,(H2,24,25,26)/b9-6+. The van der Waals surface area contributed by atoms with Gasteiger partial charge in [-0.3, -0.25) is 4.79 Å². The fourth-order valence-electron chi connectivity index (χ4n) is 2.90. The average Bonchev–Trinajstić information content (AvgIpc) is 2.70. The molecule has 3 aromatic rings. The molecular weight excluding hydrogens is 338 g/mol. The van der Waals surface area contributed by atoms with E-state index < -0.39 is 0 Å². The van der Waals surface area contributed by atoms with Crippen molar-refractivity contribution in [2.45, 2.75) is 6.42 Å². The van der Waals surface area contributed by atoms with E-state index in [0.717, 1.165) is 48.7 Å². The normalized spacial score (nSPS) is 11.1. The number of ether oxygens (including phenoxy) is 1. The molecule has 0 saturated heterocycles. The number of rotatable bonds is 9. The lowest BCUT2D eigenvalue weighted by molar-refractivity contribution is 0.414. The van der Waals surface area contributed by atoms with Crippen LogP contribution in [0.15, 0.2) is 65.5 Å². The first-order valence-corrected chi connectivity index (χ1v) is 9.14. The maximum absolute atomic E-state index is 12.1. The van der Waals surface area contributed by atoms with E-state index in [9.17, 15) is 4.79 Å². The molecule has 0 fully saturated rings. The quantitative estimate of drug-likeness (QED) is 0.508. The van der Waals surface area contributed by atoms with Gasteiger partial charge in [0.15, 0.2) is 5.43 Å². The molecule has 140 valence electrons. The molecule has 5 heteroatoms. The van der Waals surface area contributed by atoms with Gasteiger partial charge in [0.1, 0.15) is 11.6 Å². The third kappa shape index (κ3) is 5.21. The Morgan fingerprint density at radius 3 is 2.78 bits per heavy atom. The van der Waals surface area contributed by atoms with Crippen LogP contribution in [0.25, 0.3) is 17.0 Å². The fourth-order valence-corrected chi connectivity index (χ4v) is 2.90. The largest absolute Gasteiger partial charge is 0.496 e. The second-order valence-corrected chi connectivity index (χ2v) is 6.22. The van der Waals surface area contributed by atoms with Gasteiger partial charge in [-0.15, -0.1) is 0 Å². The van der Waals surface area contributed by atoms with Gasteiger partial charge in [-0.1, -0.05) is 42.5 Å². The van der Waals surface area contributed by atoms with Crippen molar-refractivity contribution in [3.05, 3.63) is 76.5 Å². The number of aromatic amines is 1. The van der Waals surface area contributed by atoms with Crippen LogP contribution >= 0.6 is 0 Å². The number of hydrogen-bond donors (Lipinski definition) is 3. The monoisotopic (exact) mass is 363 g/mol. The lowest BCUT2D eigenvalue weighted by Crippen LogP contribution is -2.18. The molecule has 3 rings (SSSR count). The number of H-pyrrole nitrogens is 1. The number of pyridine rings is 1. The summed E-state index contributed by atoms with van der Waals surface area (Å²) >= 11 is 0. The van der Waals surface area contributed by atoms with E-state index in [1.54, 1.807) is 13.2 Å². The highest BCUT2D eigenvalue weighted by Crippen LogP contribution is 2.18. The fraction of sp³-hybridized carbons (Fsp3) is 0.227. The summed E-state index contributed by atoms with van der Waals surface area (Å²) in [5.74, 6) is 1.64. The van der Waals surface area contributed by atoms with E-state index >= 15 is 0 Å². The number of hydrogen-bond acceptors (Lipinski definition) is 4. The number of benzene rings is 2. The number of anilines is 1. The van der Waals surface area contributed by atoms with Gasteiger partial charge >= 0.3 is 0 Å². The minimum Gasteiger partial charge on any atom is -0.496 e. The van der Waals surface area contributed by atoms with Crippen LogP contribution in [0.4, 0.5) is 5.82 Å². The summed E-state index contributed by atoms with van der Waals surface area (Å²) < 4.78 is 5.33. The molecule has 0 amide bonds. The van der Waals surface area contributed by atoms with E-state index in [2.05, 4.69) is 27.8 Å². The maximum Gasteiger partial charge on any atom is 0.191 e. The predicted molar refractivity (Wildman–Crippen MR) is 113 cm³/mol. The molecular formula is C22H25N3O2. The van der Waals surface area contributed by atoms with Gasteiger partial charge in [0.2, 0.25) is 0 Å². The predicted octanol–water partition coefficient (Wildman–Crippen LogP) is 3.64. The van der Waals surface area contributed by atoms with E-state index in [4.69, 9.17) is 4.74 Å². The Morgan fingerprint density at radius 2 is 1.89 bits per heavy atom. The first-order valence-electron chi connectivity index (χ1n) is 9.14. The molecule has 5 nitrogen and oxygen atoms in total. The van der Waals surface area contributed by atoms with Crippen molar-refractivity contribution in [3.8, 4) is 5.75 Å². The lowest BCUT2D eigenvalue weighted by Gasteiger charge is -2.08. The summed E-state index contributed by atoms with van der Waals surface area (Å²) in [6.45, 7) is 2.48. The molecule has 3 N–H and O–H groups in total. The third-order valence-electron chi connectivity index (χ3n) is 4.28. The van der Waals surface area contributed by atoms with Crippen LogP contribution in [0, 0.1) is 0 Å². The molecule has 0 saturated carbocycles. The second-order valence-electron chi connectivity index (χ2n) is 6.22. The molecule has 0 radical (unpaired) electrons. The molecule has 0 aliphatic rings. The third-order valence-corrected chi connectivity index (χ3v) is 4.28. The van der Waals surface area contributed by atoms with Gasteiger partial charge in [-0.25, -0.2) is 0 Å². The van der Waals surface area contributed by atoms with E-state index in [1.165, 1.54) is 0 Å². The smallest absolute Gasteiger partial charge is 0.191 e. The maximum atomic E-state index is 12.1. The summed E-state index contributed by atoms with van der Waals surface area (Å²) in [5, 5.41) is 7.37. The molecule has 27 heavy (non-hydrogen) atoms. The molecule has 0 bridgehead atoms. The number of fused-ring (bicyclic) bond motifs is 1. The number of aromatic nitrogens is 1. The Labute approximate surface area is 159 Å². The minimum atomic E-state index is 0.0338. The highest BCUT2D eigenvalue weighted by molar-refractivity contribution is 5.79. The van der Waals surface area contributed by atoms with Gasteiger partial charge < -0.3 is 20.4 Å². The summed E-state index contributed by atoms with van der Waals surface area (Å²) in [7, 11) is 1.68. The SMILES string of the molecule is COc1ccccc1/C=C/CNCCCNc1cc(=O)c2ccccc2[nH]1. The zero-order valence-electron chi connectivity index (χ0n) is 15.5. The van der Waals surface area contributed by atoms with Gasteiger partial charge in [-0.05, 0) is 31.2 Å². The Kier molecular flexibility index (Phi) is 6.66. The van der Waals surface area contributed by atoms with Crippen molar-refractivity contribution in [3.63, 3.8) is 0 Å². The van der Waals surface area contributed by atoms with Crippen LogP contribution in [0.3, 0.4) is 0 Å². The van der Waals surface area contributed by atoms with Gasteiger partial charge in [0.05, 0.1) is 12.6 Å². The van der Waals surface area contributed by atoms with E-state index in [1.807, 2.05) is 48.5 Å². The van der Waals surface area contributed by atoms with Crippen LogP contribution in [-0.2, 0) is 0 Å². The number of para-hydroxylation sites is 2. The first kappa shape index (κ1) is 18.7. The van der Waals surface area contributed by atoms with Crippen molar-refractivity contribution < 1.29 is 4.74 Å². The Hall–Kier alpha value is -3.05. The molecule has 0 spiro atoms. The topological polar surface area (TPSA) is 66.2 Å². The van der Waals surface area contributed by atoms with Gasteiger partial charge in [-0.2, -0.15) is 0 Å². The highest BCUT2D eigenvalue weighted by atomic mass is 16.5. The molecule has 1 aromatic heterocycles. The van der Waals surface area contributed by atoms with Crippen LogP contribution < -0.4 is 20.8 Å². The van der Waals surface area contributed by atoms with E-state index in [-0.39, 0.29) is 5.43 Å². The summed E-state index contributed by atoms with van der Waals surface area (Å²) in [6, 6.07) is 17.1. The van der Waals surface area contributed by atoms with Crippen LogP contribution in [0.5, 0.6) is 5.75 Å². The molecule has 0 aliphatic carbocycles. The van der Waals surface area contributed by atoms with Crippen molar-refractivity contribution in [2.75, 3.05) is 32.1 Å². The zero-order chi connectivity index (χ0) is 18.9. The average molecular weight is 363 g/mol. The Morgan fingerprint density at radius 1 is 1.07 bits per heavy atom. The minimum absolute atomic E-state index is 0.0338. The van der Waals surface area contributed by atoms with E-state index in [0.29, 0.717) is 5.39 Å². The molecule has 0 atom stereocenters. The zero-order valence-corrected chi connectivity index (χ0v) is 15.5. The first-order chi connectivity index (χ1) is 13.3. The van der Waals surface area contributed by atoms with Crippen LogP contribution in [-0.4, -0.2) is 31.7 Å². The van der Waals surface area contributed by atoms with Crippen LogP contribution in [0.1, 0.15) is 12.0 Å². The summed E-state index contributed by atoms with van der Waals surface area (Å²) in [6.07, 6.45) is 5.10. The van der Waals surface area contributed by atoms with Crippen molar-refractivity contribution in [1.29, 1.82) is 0 Å². The van der Waals surface area contributed by atoms with Gasteiger partial charge in [0, 0.05) is 30.1 Å². The second kappa shape index (κ2) is 9.59. The van der Waals surface area contributed by atoms with Crippen molar-refractivity contribution in [1.82, 2.24) is 10.3 Å². The van der Waals surface area contributed by atoms with Crippen molar-refractivity contribution >= 4 is 22.8 Å².